The summed E-state index contributed by atoms with van der Waals surface area (Å²) >= 11 is 1.58. The molecular formula is C12H16N4OS. The molecule has 0 spiro atoms. The molecule has 96 valence electrons. The molecular weight excluding hydrogens is 248 g/mol. The molecule has 0 saturated heterocycles. The van der Waals surface area contributed by atoms with Crippen LogP contribution in [0.1, 0.15) is 11.7 Å². The van der Waals surface area contributed by atoms with Gasteiger partial charge in [-0.3, -0.25) is 0 Å². The molecule has 0 aliphatic rings. The monoisotopic (exact) mass is 264 g/mol. The van der Waals surface area contributed by atoms with Gasteiger partial charge in [0, 0.05) is 26.8 Å². The molecule has 2 rings (SSSR count). The molecule has 2 aromatic heterocycles. The second-order valence-corrected chi connectivity index (χ2v) is 4.87. The molecule has 0 bridgehead atoms. The predicted octanol–water partition coefficient (Wildman–Crippen LogP) is 1.75. The first kappa shape index (κ1) is 12.8. The third-order valence-corrected chi connectivity index (χ3v) is 3.15. The van der Waals surface area contributed by atoms with Crippen LogP contribution >= 0.6 is 11.3 Å². The number of hydrogen-bond acceptors (Lipinski definition) is 6. The normalized spacial score (nSPS) is 12.2. The predicted molar refractivity (Wildman–Crippen MR) is 74.1 cm³/mol. The van der Waals surface area contributed by atoms with Crippen molar-refractivity contribution < 1.29 is 5.11 Å². The smallest absolute Gasteiger partial charge is 0.226 e. The molecule has 1 unspecified atom stereocenters. The third-order valence-electron chi connectivity index (χ3n) is 2.45. The molecule has 6 heteroatoms. The number of aliphatic hydroxyl groups excluding tert-OH is 1. The Bertz CT molecular complexity index is 487. The first-order valence-electron chi connectivity index (χ1n) is 5.61. The number of nitrogens with one attached hydrogen (secondary N) is 1. The molecule has 18 heavy (non-hydrogen) atoms. The van der Waals surface area contributed by atoms with Crippen LogP contribution in [-0.2, 0) is 0 Å². The Balaban J connectivity index is 1.96. The van der Waals surface area contributed by atoms with Crippen molar-refractivity contribution in [2.45, 2.75) is 6.10 Å². The van der Waals surface area contributed by atoms with E-state index in [4.69, 9.17) is 0 Å². The van der Waals surface area contributed by atoms with Crippen LogP contribution in [0.2, 0.25) is 0 Å². The lowest BCUT2D eigenvalue weighted by Gasteiger charge is -2.13. The van der Waals surface area contributed by atoms with E-state index < -0.39 is 6.10 Å². The number of thiophene rings is 1. The lowest BCUT2D eigenvalue weighted by Crippen LogP contribution is -2.16. The van der Waals surface area contributed by atoms with Crippen LogP contribution in [0.15, 0.2) is 29.1 Å². The highest BCUT2D eigenvalue weighted by Crippen LogP contribution is 2.17. The van der Waals surface area contributed by atoms with Crippen LogP contribution in [0.4, 0.5) is 11.8 Å². The maximum absolute atomic E-state index is 9.94. The Morgan fingerprint density at radius 2 is 2.28 bits per heavy atom. The van der Waals surface area contributed by atoms with E-state index in [1.807, 2.05) is 35.8 Å². The topological polar surface area (TPSA) is 61.3 Å². The zero-order valence-corrected chi connectivity index (χ0v) is 11.2. The van der Waals surface area contributed by atoms with Gasteiger partial charge in [0.05, 0.1) is 6.10 Å². The van der Waals surface area contributed by atoms with Crippen molar-refractivity contribution in [3.63, 3.8) is 0 Å². The van der Waals surface area contributed by atoms with Crippen LogP contribution in [0, 0.1) is 0 Å². The molecule has 2 N–H and O–H groups in total. The van der Waals surface area contributed by atoms with E-state index in [9.17, 15) is 5.11 Å². The molecule has 1 atom stereocenters. The molecule has 5 nitrogen and oxygen atoms in total. The minimum atomic E-state index is -0.519. The third kappa shape index (κ3) is 3.18. The standard InChI is InChI=1S/C12H16N4OS/c1-16(2)12-13-5-3-11(15-12)14-7-10(17)9-4-6-18-8-9/h3-6,8,10,17H,7H2,1-2H3,(H,13,14,15). The average molecular weight is 264 g/mol. The molecule has 0 saturated carbocycles. The molecule has 2 heterocycles. The fourth-order valence-corrected chi connectivity index (χ4v) is 2.15. The SMILES string of the molecule is CN(C)c1nccc(NCC(O)c2ccsc2)n1. The van der Waals surface area contributed by atoms with Crippen LogP contribution in [0.5, 0.6) is 0 Å². The van der Waals surface area contributed by atoms with Crippen LogP contribution in [0.3, 0.4) is 0 Å². The summed E-state index contributed by atoms with van der Waals surface area (Å²) < 4.78 is 0. The Morgan fingerprint density at radius 3 is 2.94 bits per heavy atom. The van der Waals surface area contributed by atoms with Gasteiger partial charge in [-0.2, -0.15) is 16.3 Å². The van der Waals surface area contributed by atoms with Gasteiger partial charge in [0.1, 0.15) is 5.82 Å². The van der Waals surface area contributed by atoms with Crippen molar-refractivity contribution in [2.24, 2.45) is 0 Å². The maximum Gasteiger partial charge on any atom is 0.226 e. The summed E-state index contributed by atoms with van der Waals surface area (Å²) in [6.45, 7) is 0.431. The molecule has 2 aromatic rings. The van der Waals surface area contributed by atoms with Crippen molar-refractivity contribution in [1.82, 2.24) is 9.97 Å². The molecule has 0 aliphatic carbocycles. The Kier molecular flexibility index (Phi) is 4.11. The van der Waals surface area contributed by atoms with E-state index in [0.717, 1.165) is 5.56 Å². The van der Waals surface area contributed by atoms with Crippen LogP contribution in [0.25, 0.3) is 0 Å². The van der Waals surface area contributed by atoms with E-state index in [-0.39, 0.29) is 0 Å². The van der Waals surface area contributed by atoms with Gasteiger partial charge in [0.25, 0.3) is 0 Å². The van der Waals surface area contributed by atoms with E-state index in [1.165, 1.54) is 0 Å². The molecule has 0 aromatic carbocycles. The second kappa shape index (κ2) is 5.79. The van der Waals surface area contributed by atoms with Gasteiger partial charge in [-0.1, -0.05) is 0 Å². The highest BCUT2D eigenvalue weighted by Gasteiger charge is 2.08. The van der Waals surface area contributed by atoms with Gasteiger partial charge < -0.3 is 15.3 Å². The first-order valence-corrected chi connectivity index (χ1v) is 6.55. The molecule has 0 fully saturated rings. The van der Waals surface area contributed by atoms with Gasteiger partial charge >= 0.3 is 0 Å². The molecule has 0 aliphatic heterocycles. The van der Waals surface area contributed by atoms with E-state index in [2.05, 4.69) is 15.3 Å². The zero-order valence-electron chi connectivity index (χ0n) is 10.4. The van der Waals surface area contributed by atoms with E-state index in [1.54, 1.807) is 23.6 Å². The van der Waals surface area contributed by atoms with Crippen molar-refractivity contribution in [1.29, 1.82) is 0 Å². The maximum atomic E-state index is 9.94. The van der Waals surface area contributed by atoms with Gasteiger partial charge in [0.2, 0.25) is 5.95 Å². The van der Waals surface area contributed by atoms with Gasteiger partial charge in [-0.05, 0) is 28.5 Å². The number of anilines is 2. The molecule has 0 radical (unpaired) electrons. The first-order chi connectivity index (χ1) is 8.66. The minimum Gasteiger partial charge on any atom is -0.387 e. The Labute approximate surface area is 110 Å². The Morgan fingerprint density at radius 1 is 1.44 bits per heavy atom. The fourth-order valence-electron chi connectivity index (χ4n) is 1.45. The number of rotatable bonds is 5. The molecule has 0 amide bonds. The van der Waals surface area contributed by atoms with Gasteiger partial charge in [-0.25, -0.2) is 4.98 Å². The zero-order chi connectivity index (χ0) is 13.0. The summed E-state index contributed by atoms with van der Waals surface area (Å²) in [4.78, 5) is 10.3. The second-order valence-electron chi connectivity index (χ2n) is 4.09. The summed E-state index contributed by atoms with van der Waals surface area (Å²) in [5.41, 5.74) is 0.925. The lowest BCUT2D eigenvalue weighted by molar-refractivity contribution is 0.192. The van der Waals surface area contributed by atoms with E-state index in [0.29, 0.717) is 18.3 Å². The number of aromatic nitrogens is 2. The summed E-state index contributed by atoms with van der Waals surface area (Å²) in [7, 11) is 3.78. The summed E-state index contributed by atoms with van der Waals surface area (Å²) in [5.74, 6) is 1.35. The fraction of sp³-hybridized carbons (Fsp3) is 0.333. The van der Waals surface area contributed by atoms with Crippen LogP contribution < -0.4 is 10.2 Å². The van der Waals surface area contributed by atoms with Gasteiger partial charge in [0.15, 0.2) is 0 Å². The van der Waals surface area contributed by atoms with Crippen molar-refractivity contribution in [3.05, 3.63) is 34.7 Å². The van der Waals surface area contributed by atoms with E-state index >= 15 is 0 Å². The Hall–Kier alpha value is -1.66. The van der Waals surface area contributed by atoms with Crippen molar-refractivity contribution >= 4 is 23.1 Å². The minimum absolute atomic E-state index is 0.431. The summed E-state index contributed by atoms with van der Waals surface area (Å²) in [6.07, 6.45) is 1.18. The quantitative estimate of drug-likeness (QED) is 0.861. The van der Waals surface area contributed by atoms with Gasteiger partial charge in [-0.15, -0.1) is 0 Å². The summed E-state index contributed by atoms with van der Waals surface area (Å²) in [5, 5.41) is 16.9. The number of nitrogens with zero attached hydrogens (tertiary/aromatic N) is 3. The lowest BCUT2D eigenvalue weighted by atomic mass is 10.2. The average Bonchev–Trinajstić information content (AvgIpc) is 2.90. The highest BCUT2D eigenvalue weighted by molar-refractivity contribution is 7.07. The largest absolute Gasteiger partial charge is 0.387 e. The summed E-state index contributed by atoms with van der Waals surface area (Å²) in [6, 6.07) is 3.70. The van der Waals surface area contributed by atoms with Crippen LogP contribution in [-0.4, -0.2) is 35.7 Å². The van der Waals surface area contributed by atoms with Crippen molar-refractivity contribution in [3.8, 4) is 0 Å². The highest BCUT2D eigenvalue weighted by atomic mass is 32.1. The van der Waals surface area contributed by atoms with Crippen molar-refractivity contribution in [2.75, 3.05) is 30.9 Å². The number of aliphatic hydroxyl groups is 1. The number of hydrogen-bond donors (Lipinski definition) is 2.